The molecule has 2 rings (SSSR count). The van der Waals surface area contributed by atoms with E-state index in [1.54, 1.807) is 23.9 Å². The number of thioether (sulfide) groups is 1. The van der Waals surface area contributed by atoms with Crippen molar-refractivity contribution in [3.63, 3.8) is 0 Å². The van der Waals surface area contributed by atoms with E-state index in [4.69, 9.17) is 16.7 Å². The smallest absolute Gasteiger partial charge is 0.335 e. The van der Waals surface area contributed by atoms with Gasteiger partial charge in [-0.1, -0.05) is 41.9 Å². The first-order chi connectivity index (χ1) is 9.16. The van der Waals surface area contributed by atoms with E-state index in [1.807, 2.05) is 36.4 Å². The number of halogens is 1. The van der Waals surface area contributed by atoms with Crippen LogP contribution in [0.5, 0.6) is 0 Å². The molecule has 0 atom stereocenters. The fourth-order valence-corrected chi connectivity index (χ4v) is 2.96. The Kier molecular flexibility index (Phi) is 4.88. The van der Waals surface area contributed by atoms with Gasteiger partial charge in [-0.2, -0.15) is 11.8 Å². The van der Waals surface area contributed by atoms with Crippen molar-refractivity contribution in [2.24, 2.45) is 0 Å². The van der Waals surface area contributed by atoms with E-state index < -0.39 is 5.97 Å². The molecule has 0 amide bonds. The lowest BCUT2D eigenvalue weighted by molar-refractivity contribution is 0.0696. The van der Waals surface area contributed by atoms with Gasteiger partial charge < -0.3 is 5.11 Å². The van der Waals surface area contributed by atoms with Crippen molar-refractivity contribution in [1.82, 2.24) is 0 Å². The third kappa shape index (κ3) is 4.01. The van der Waals surface area contributed by atoms with Gasteiger partial charge in [0.25, 0.3) is 0 Å². The average Bonchev–Trinajstić information content (AvgIpc) is 2.39. The Morgan fingerprint density at radius 3 is 2.63 bits per heavy atom. The van der Waals surface area contributed by atoms with Gasteiger partial charge in [0.1, 0.15) is 0 Å². The van der Waals surface area contributed by atoms with Crippen LogP contribution < -0.4 is 0 Å². The summed E-state index contributed by atoms with van der Waals surface area (Å²) in [5.41, 5.74) is 2.37. The van der Waals surface area contributed by atoms with Crippen molar-refractivity contribution < 1.29 is 9.90 Å². The van der Waals surface area contributed by atoms with E-state index in [0.29, 0.717) is 11.3 Å². The number of carboxylic acids is 1. The molecule has 0 aliphatic rings. The molecule has 0 bridgehead atoms. The van der Waals surface area contributed by atoms with Crippen LogP contribution in [0.25, 0.3) is 0 Å². The largest absolute Gasteiger partial charge is 0.478 e. The number of hydrogen-bond donors (Lipinski definition) is 1. The molecule has 0 aliphatic carbocycles. The van der Waals surface area contributed by atoms with E-state index in [2.05, 4.69) is 0 Å². The van der Waals surface area contributed by atoms with Crippen molar-refractivity contribution in [1.29, 1.82) is 0 Å². The number of carboxylic acid groups (broad SMARTS) is 1. The number of carbonyl (C=O) groups is 1. The summed E-state index contributed by atoms with van der Waals surface area (Å²) in [6.45, 7) is 0. The zero-order chi connectivity index (χ0) is 13.7. The van der Waals surface area contributed by atoms with Gasteiger partial charge in [0.15, 0.2) is 0 Å². The number of hydrogen-bond acceptors (Lipinski definition) is 2. The monoisotopic (exact) mass is 292 g/mol. The van der Waals surface area contributed by atoms with E-state index in [9.17, 15) is 4.79 Å². The Morgan fingerprint density at radius 1 is 1.11 bits per heavy atom. The summed E-state index contributed by atoms with van der Waals surface area (Å²) in [5.74, 6) is 0.614. The molecule has 2 nitrogen and oxygen atoms in total. The second-order valence-electron chi connectivity index (χ2n) is 4.09. The normalized spacial score (nSPS) is 10.4. The predicted molar refractivity (Wildman–Crippen MR) is 79.9 cm³/mol. The second-order valence-corrected chi connectivity index (χ2v) is 5.51. The quantitative estimate of drug-likeness (QED) is 0.883. The average molecular weight is 293 g/mol. The molecule has 98 valence electrons. The summed E-state index contributed by atoms with van der Waals surface area (Å²) in [7, 11) is 0. The topological polar surface area (TPSA) is 37.3 Å². The summed E-state index contributed by atoms with van der Waals surface area (Å²) in [5, 5.41) is 9.82. The van der Waals surface area contributed by atoms with Crippen molar-refractivity contribution in [2.75, 3.05) is 0 Å². The highest BCUT2D eigenvalue weighted by Gasteiger charge is 2.08. The van der Waals surface area contributed by atoms with Gasteiger partial charge in [-0.3, -0.25) is 0 Å². The summed E-state index contributed by atoms with van der Waals surface area (Å²) in [6, 6.07) is 14.8. The maximum atomic E-state index is 11.1. The SMILES string of the molecule is O=C(O)c1ccccc1CSCc1cccc(Cl)c1. The summed E-state index contributed by atoms with van der Waals surface area (Å²) in [6.07, 6.45) is 0. The maximum Gasteiger partial charge on any atom is 0.335 e. The lowest BCUT2D eigenvalue weighted by Crippen LogP contribution is -2.01. The minimum atomic E-state index is -0.876. The second kappa shape index (κ2) is 6.64. The molecule has 0 saturated heterocycles. The molecule has 4 heteroatoms. The summed E-state index contributed by atoms with van der Waals surface area (Å²) in [4.78, 5) is 11.1. The van der Waals surface area contributed by atoms with Crippen LogP contribution in [0.2, 0.25) is 5.02 Å². The van der Waals surface area contributed by atoms with Crippen molar-refractivity contribution in [2.45, 2.75) is 11.5 Å². The third-order valence-electron chi connectivity index (χ3n) is 2.66. The minimum absolute atomic E-state index is 0.376. The fraction of sp³-hybridized carbons (Fsp3) is 0.133. The first-order valence-corrected chi connectivity index (χ1v) is 7.33. The van der Waals surface area contributed by atoms with Gasteiger partial charge in [0.2, 0.25) is 0 Å². The molecule has 1 N–H and O–H groups in total. The molecule has 0 fully saturated rings. The molecular formula is C15H13ClO2S. The fourth-order valence-electron chi connectivity index (χ4n) is 1.76. The molecule has 2 aromatic rings. The Labute approximate surface area is 121 Å². The molecule has 0 aliphatic heterocycles. The zero-order valence-corrected chi connectivity index (χ0v) is 11.7. The van der Waals surface area contributed by atoms with Gasteiger partial charge in [0.05, 0.1) is 5.56 Å². The van der Waals surface area contributed by atoms with E-state index in [0.717, 1.165) is 21.9 Å². The number of rotatable bonds is 5. The van der Waals surface area contributed by atoms with Crippen molar-refractivity contribution in [3.05, 3.63) is 70.2 Å². The number of benzene rings is 2. The molecular weight excluding hydrogens is 280 g/mol. The Balaban J connectivity index is 1.98. The lowest BCUT2D eigenvalue weighted by atomic mass is 10.1. The molecule has 0 spiro atoms. The van der Waals surface area contributed by atoms with Gasteiger partial charge in [-0.15, -0.1) is 0 Å². The van der Waals surface area contributed by atoms with Crippen LogP contribution in [0.15, 0.2) is 48.5 Å². The zero-order valence-electron chi connectivity index (χ0n) is 10.2. The highest BCUT2D eigenvalue weighted by molar-refractivity contribution is 7.97. The molecule has 0 saturated carbocycles. The van der Waals surface area contributed by atoms with E-state index >= 15 is 0 Å². The van der Waals surface area contributed by atoms with Crippen LogP contribution >= 0.6 is 23.4 Å². The predicted octanol–water partition coefficient (Wildman–Crippen LogP) is 4.47. The number of aromatic carboxylic acids is 1. The van der Waals surface area contributed by atoms with Crippen LogP contribution in [0, 0.1) is 0 Å². The Morgan fingerprint density at radius 2 is 1.89 bits per heavy atom. The molecule has 2 aromatic carbocycles. The third-order valence-corrected chi connectivity index (χ3v) is 3.95. The molecule has 0 radical (unpaired) electrons. The van der Waals surface area contributed by atoms with Crippen LogP contribution in [-0.4, -0.2) is 11.1 Å². The lowest BCUT2D eigenvalue weighted by Gasteiger charge is -2.06. The van der Waals surface area contributed by atoms with Gasteiger partial charge in [-0.05, 0) is 29.3 Å². The standard InChI is InChI=1S/C15H13ClO2S/c16-13-6-3-4-11(8-13)9-19-10-12-5-1-2-7-14(12)15(17)18/h1-8H,9-10H2,(H,17,18). The first-order valence-electron chi connectivity index (χ1n) is 5.80. The molecule has 0 aromatic heterocycles. The Bertz CT molecular complexity index is 584. The van der Waals surface area contributed by atoms with Crippen LogP contribution in [0.3, 0.4) is 0 Å². The van der Waals surface area contributed by atoms with Gasteiger partial charge in [0, 0.05) is 16.5 Å². The summed E-state index contributed by atoms with van der Waals surface area (Å²) < 4.78 is 0. The first kappa shape index (κ1) is 14.0. The van der Waals surface area contributed by atoms with Crippen LogP contribution in [0.4, 0.5) is 0 Å². The van der Waals surface area contributed by atoms with Gasteiger partial charge in [-0.25, -0.2) is 4.79 Å². The van der Waals surface area contributed by atoms with Crippen molar-refractivity contribution >= 4 is 29.3 Å². The van der Waals surface area contributed by atoms with E-state index in [1.165, 1.54) is 0 Å². The highest BCUT2D eigenvalue weighted by Crippen LogP contribution is 2.22. The van der Waals surface area contributed by atoms with Crippen LogP contribution in [0.1, 0.15) is 21.5 Å². The Hall–Kier alpha value is -1.45. The molecule has 19 heavy (non-hydrogen) atoms. The summed E-state index contributed by atoms with van der Waals surface area (Å²) >= 11 is 7.60. The van der Waals surface area contributed by atoms with Gasteiger partial charge >= 0.3 is 5.97 Å². The molecule has 0 heterocycles. The van der Waals surface area contributed by atoms with E-state index in [-0.39, 0.29) is 0 Å². The van der Waals surface area contributed by atoms with Crippen LogP contribution in [-0.2, 0) is 11.5 Å². The van der Waals surface area contributed by atoms with Crippen molar-refractivity contribution in [3.8, 4) is 0 Å². The highest BCUT2D eigenvalue weighted by atomic mass is 35.5. The minimum Gasteiger partial charge on any atom is -0.478 e. The maximum absolute atomic E-state index is 11.1. The molecule has 0 unspecified atom stereocenters.